The molecular weight excluding hydrogens is 318 g/mol. The molecule has 0 aromatic heterocycles. The molecule has 0 spiro atoms. The maximum Gasteiger partial charge on any atom is 0.339 e. The van der Waals surface area contributed by atoms with Crippen molar-refractivity contribution in [1.29, 1.82) is 0 Å². The van der Waals surface area contributed by atoms with E-state index in [0.717, 1.165) is 5.56 Å². The second-order valence-electron chi connectivity index (χ2n) is 5.01. The topological polar surface area (TPSA) is 81.7 Å². The summed E-state index contributed by atoms with van der Waals surface area (Å²) in [6.07, 6.45) is 0.678. The molecule has 6 nitrogen and oxygen atoms in total. The van der Waals surface area contributed by atoms with Crippen molar-refractivity contribution >= 4 is 21.7 Å². The van der Waals surface area contributed by atoms with E-state index in [4.69, 9.17) is 4.74 Å². The highest BCUT2D eigenvalue weighted by atomic mass is 32.2. The number of carbonyl (C=O) groups is 1. The molecule has 0 aliphatic carbocycles. The van der Waals surface area contributed by atoms with Gasteiger partial charge >= 0.3 is 5.97 Å². The number of rotatable bonds is 4. The third-order valence-corrected chi connectivity index (χ3v) is 4.91. The molecule has 0 saturated carbocycles. The van der Waals surface area contributed by atoms with Gasteiger partial charge in [-0.25, -0.2) is 13.2 Å². The van der Waals surface area contributed by atoms with Crippen LogP contribution < -0.4 is 9.46 Å². The van der Waals surface area contributed by atoms with Crippen LogP contribution in [-0.4, -0.2) is 28.1 Å². The van der Waals surface area contributed by atoms with E-state index in [9.17, 15) is 13.2 Å². The van der Waals surface area contributed by atoms with Crippen LogP contribution in [-0.2, 0) is 21.2 Å². The number of para-hydroxylation sites is 1. The van der Waals surface area contributed by atoms with Crippen LogP contribution in [0.25, 0.3) is 0 Å². The Labute approximate surface area is 134 Å². The molecule has 1 N–H and O–H groups in total. The molecule has 1 heterocycles. The molecule has 3 rings (SSSR count). The lowest BCUT2D eigenvalue weighted by Crippen LogP contribution is -2.16. The van der Waals surface area contributed by atoms with Gasteiger partial charge < -0.3 is 9.47 Å². The zero-order valence-corrected chi connectivity index (χ0v) is 13.2. The molecule has 0 saturated heterocycles. The van der Waals surface area contributed by atoms with Gasteiger partial charge in [0.2, 0.25) is 0 Å². The van der Waals surface area contributed by atoms with Crippen molar-refractivity contribution in [2.24, 2.45) is 0 Å². The largest absolute Gasteiger partial charge is 0.493 e. The van der Waals surface area contributed by atoms with Crippen LogP contribution in [0.5, 0.6) is 5.75 Å². The maximum atomic E-state index is 12.6. The van der Waals surface area contributed by atoms with Gasteiger partial charge in [0.1, 0.15) is 5.75 Å². The van der Waals surface area contributed by atoms with E-state index in [1.807, 2.05) is 0 Å². The van der Waals surface area contributed by atoms with Crippen LogP contribution in [0.3, 0.4) is 0 Å². The predicted octanol–water partition coefficient (Wildman–Crippen LogP) is 2.21. The summed E-state index contributed by atoms with van der Waals surface area (Å²) in [7, 11) is -2.57. The van der Waals surface area contributed by atoms with Crippen molar-refractivity contribution in [3.8, 4) is 5.75 Å². The summed E-state index contributed by atoms with van der Waals surface area (Å²) in [6.45, 7) is 0.553. The molecular formula is C16H15NO5S. The van der Waals surface area contributed by atoms with Crippen molar-refractivity contribution < 1.29 is 22.7 Å². The average Bonchev–Trinajstić information content (AvgIpc) is 3.02. The predicted molar refractivity (Wildman–Crippen MR) is 84.2 cm³/mol. The molecule has 2 aromatic rings. The summed E-state index contributed by atoms with van der Waals surface area (Å²) < 4.78 is 37.6. The smallest absolute Gasteiger partial charge is 0.339 e. The highest BCUT2D eigenvalue weighted by Crippen LogP contribution is 2.29. The van der Waals surface area contributed by atoms with E-state index in [0.29, 0.717) is 18.8 Å². The molecule has 0 atom stereocenters. The number of nitrogens with one attached hydrogen (secondary N) is 1. The van der Waals surface area contributed by atoms with Crippen LogP contribution >= 0.6 is 0 Å². The van der Waals surface area contributed by atoms with Crippen molar-refractivity contribution in [2.75, 3.05) is 18.4 Å². The standard InChI is InChI=1S/C16H15NO5S/c1-21-16(18)13-4-2-3-5-14(13)17-23(19,20)12-6-7-15-11(10-12)8-9-22-15/h2-7,10,17H,8-9H2,1H3. The first-order chi connectivity index (χ1) is 11.0. The van der Waals surface area contributed by atoms with Crippen molar-refractivity contribution in [1.82, 2.24) is 0 Å². The SMILES string of the molecule is COC(=O)c1ccccc1NS(=O)(=O)c1ccc2c(c1)CCO2. The summed E-state index contributed by atoms with van der Waals surface area (Å²) in [5.74, 6) is 0.101. The molecule has 2 aromatic carbocycles. The lowest BCUT2D eigenvalue weighted by Gasteiger charge is -2.12. The van der Waals surface area contributed by atoms with Gasteiger partial charge in [0.05, 0.1) is 29.9 Å². The van der Waals surface area contributed by atoms with Gasteiger partial charge in [-0.3, -0.25) is 4.72 Å². The summed E-state index contributed by atoms with van der Waals surface area (Å²) in [5, 5.41) is 0. The van der Waals surface area contributed by atoms with E-state index in [1.165, 1.54) is 25.3 Å². The van der Waals surface area contributed by atoms with Gasteiger partial charge in [-0.15, -0.1) is 0 Å². The van der Waals surface area contributed by atoms with Crippen LogP contribution in [0.1, 0.15) is 15.9 Å². The lowest BCUT2D eigenvalue weighted by molar-refractivity contribution is 0.0602. The third kappa shape index (κ3) is 3.00. The van der Waals surface area contributed by atoms with Crippen LogP contribution in [0.4, 0.5) is 5.69 Å². The zero-order valence-electron chi connectivity index (χ0n) is 12.4. The fourth-order valence-electron chi connectivity index (χ4n) is 2.39. The van der Waals surface area contributed by atoms with E-state index in [1.54, 1.807) is 24.3 Å². The van der Waals surface area contributed by atoms with E-state index in [2.05, 4.69) is 9.46 Å². The number of esters is 1. The number of benzene rings is 2. The number of sulfonamides is 1. The lowest BCUT2D eigenvalue weighted by atomic mass is 10.2. The zero-order chi connectivity index (χ0) is 16.4. The van der Waals surface area contributed by atoms with Crippen molar-refractivity contribution in [3.05, 3.63) is 53.6 Å². The molecule has 0 bridgehead atoms. The summed E-state index contributed by atoms with van der Waals surface area (Å²) in [4.78, 5) is 11.9. The van der Waals surface area contributed by atoms with Gasteiger partial charge in [-0.1, -0.05) is 12.1 Å². The first-order valence-corrected chi connectivity index (χ1v) is 8.45. The fraction of sp³-hybridized carbons (Fsp3) is 0.188. The number of fused-ring (bicyclic) bond motifs is 1. The highest BCUT2D eigenvalue weighted by Gasteiger charge is 2.21. The minimum atomic E-state index is -3.81. The number of hydrogen-bond acceptors (Lipinski definition) is 5. The van der Waals surface area contributed by atoms with Crippen molar-refractivity contribution in [3.63, 3.8) is 0 Å². The molecule has 0 amide bonds. The maximum absolute atomic E-state index is 12.6. The van der Waals surface area contributed by atoms with Gasteiger partial charge in [-0.2, -0.15) is 0 Å². The van der Waals surface area contributed by atoms with Gasteiger partial charge in [0, 0.05) is 6.42 Å². The molecule has 120 valence electrons. The minimum absolute atomic E-state index is 0.126. The second-order valence-corrected chi connectivity index (χ2v) is 6.69. The first-order valence-electron chi connectivity index (χ1n) is 6.97. The molecule has 0 unspecified atom stereocenters. The van der Waals surface area contributed by atoms with Crippen molar-refractivity contribution in [2.45, 2.75) is 11.3 Å². The van der Waals surface area contributed by atoms with E-state index in [-0.39, 0.29) is 16.1 Å². The average molecular weight is 333 g/mol. The van der Waals surface area contributed by atoms with Gasteiger partial charge in [-0.05, 0) is 35.9 Å². The number of carbonyl (C=O) groups excluding carboxylic acids is 1. The highest BCUT2D eigenvalue weighted by molar-refractivity contribution is 7.92. The summed E-state index contributed by atoms with van der Waals surface area (Å²) in [5.41, 5.74) is 1.19. The molecule has 1 aliphatic heterocycles. The third-order valence-electron chi connectivity index (χ3n) is 3.55. The van der Waals surface area contributed by atoms with E-state index < -0.39 is 16.0 Å². The Hall–Kier alpha value is -2.54. The Morgan fingerprint density at radius 1 is 1.22 bits per heavy atom. The van der Waals surface area contributed by atoms with Crippen LogP contribution in [0.15, 0.2) is 47.4 Å². The van der Waals surface area contributed by atoms with E-state index >= 15 is 0 Å². The Morgan fingerprint density at radius 3 is 2.78 bits per heavy atom. The molecule has 23 heavy (non-hydrogen) atoms. The molecule has 0 radical (unpaired) electrons. The number of hydrogen-bond donors (Lipinski definition) is 1. The van der Waals surface area contributed by atoms with Crippen LogP contribution in [0.2, 0.25) is 0 Å². The minimum Gasteiger partial charge on any atom is -0.493 e. The number of ether oxygens (including phenoxy) is 2. The quantitative estimate of drug-likeness (QED) is 0.868. The Balaban J connectivity index is 1.95. The Morgan fingerprint density at radius 2 is 2.00 bits per heavy atom. The van der Waals surface area contributed by atoms with Gasteiger partial charge in [0.25, 0.3) is 10.0 Å². The van der Waals surface area contributed by atoms with Crippen LogP contribution in [0, 0.1) is 0 Å². The Kier molecular flexibility index (Phi) is 3.96. The molecule has 7 heteroatoms. The number of anilines is 1. The van der Waals surface area contributed by atoms with Gasteiger partial charge in [0.15, 0.2) is 0 Å². The monoisotopic (exact) mass is 333 g/mol. The second kappa shape index (κ2) is 5.92. The number of methoxy groups -OCH3 is 1. The summed E-state index contributed by atoms with van der Waals surface area (Å²) >= 11 is 0. The first kappa shape index (κ1) is 15.4. The Bertz CT molecular complexity index is 861. The normalized spacial score (nSPS) is 13.1. The summed E-state index contributed by atoms with van der Waals surface area (Å²) in [6, 6.07) is 11.0. The molecule has 0 fully saturated rings. The fourth-order valence-corrected chi connectivity index (χ4v) is 3.52. The molecule has 1 aliphatic rings.